The number of amides is 4. The molecule has 3 aliphatic heterocycles. The van der Waals surface area contributed by atoms with Gasteiger partial charge >= 0.3 is 6.09 Å². The van der Waals surface area contributed by atoms with Crippen molar-refractivity contribution in [2.24, 2.45) is 5.92 Å². The molecule has 4 amide bonds. The summed E-state index contributed by atoms with van der Waals surface area (Å²) in [6, 6.07) is 13.4. The second kappa shape index (κ2) is 12.5. The largest absolute Gasteiger partial charge is 0.493 e. The molecule has 12 heteroatoms. The van der Waals surface area contributed by atoms with Crippen LogP contribution in [0.25, 0.3) is 10.1 Å². The molecule has 2 aromatic carbocycles. The number of benzene rings is 2. The van der Waals surface area contributed by atoms with E-state index >= 15 is 0 Å². The minimum atomic E-state index is -0.499. The van der Waals surface area contributed by atoms with Gasteiger partial charge in [-0.3, -0.25) is 19.3 Å². The number of hydrogen-bond acceptors (Lipinski definition) is 8. The van der Waals surface area contributed by atoms with Gasteiger partial charge in [-0.1, -0.05) is 24.3 Å². The fourth-order valence-electron chi connectivity index (χ4n) is 5.99. The van der Waals surface area contributed by atoms with E-state index in [1.165, 1.54) is 4.90 Å². The van der Waals surface area contributed by atoms with Crippen LogP contribution in [0.3, 0.4) is 0 Å². The van der Waals surface area contributed by atoms with Gasteiger partial charge in [-0.2, -0.15) is 0 Å². The van der Waals surface area contributed by atoms with Crippen LogP contribution in [0.2, 0.25) is 0 Å². The van der Waals surface area contributed by atoms with Gasteiger partial charge in [-0.15, -0.1) is 11.3 Å². The summed E-state index contributed by atoms with van der Waals surface area (Å²) in [4.78, 5) is 57.1. The van der Waals surface area contributed by atoms with Gasteiger partial charge in [0, 0.05) is 47.6 Å². The number of rotatable bonds is 4. The van der Waals surface area contributed by atoms with Crippen molar-refractivity contribution >= 4 is 45.2 Å². The van der Waals surface area contributed by atoms with E-state index in [4.69, 9.17) is 14.2 Å². The van der Waals surface area contributed by atoms with E-state index in [9.17, 15) is 19.2 Å². The van der Waals surface area contributed by atoms with E-state index in [-0.39, 0.29) is 49.9 Å². The van der Waals surface area contributed by atoms with Crippen molar-refractivity contribution in [3.63, 3.8) is 0 Å². The zero-order chi connectivity index (χ0) is 29.9. The van der Waals surface area contributed by atoms with Crippen LogP contribution < -0.4 is 14.8 Å². The van der Waals surface area contributed by atoms with Crippen LogP contribution in [0, 0.1) is 5.92 Å². The Labute approximate surface area is 253 Å². The lowest BCUT2D eigenvalue weighted by atomic mass is 9.88. The lowest BCUT2D eigenvalue weighted by Crippen LogP contribution is -2.41. The third kappa shape index (κ3) is 5.96. The minimum absolute atomic E-state index is 0.0768. The molecule has 0 saturated carbocycles. The molecule has 2 atom stereocenters. The first-order valence-electron chi connectivity index (χ1n) is 14.5. The van der Waals surface area contributed by atoms with E-state index in [1.54, 1.807) is 34.3 Å². The molecule has 43 heavy (non-hydrogen) atoms. The molecule has 3 aliphatic rings. The number of methoxy groups -OCH3 is 1. The van der Waals surface area contributed by atoms with E-state index in [2.05, 4.69) is 5.32 Å². The average Bonchev–Trinajstić information content (AvgIpc) is 3.76. The Morgan fingerprint density at radius 3 is 2.63 bits per heavy atom. The molecule has 2 bridgehead atoms. The third-order valence-electron chi connectivity index (χ3n) is 8.32. The van der Waals surface area contributed by atoms with Crippen LogP contribution in [0.1, 0.15) is 28.3 Å². The Bertz CT molecular complexity index is 1540. The lowest BCUT2D eigenvalue weighted by Gasteiger charge is -2.25. The number of ether oxygens (including phenoxy) is 3. The Morgan fingerprint density at radius 1 is 1.00 bits per heavy atom. The molecular formula is C31H34N4O7S. The molecule has 6 rings (SSSR count). The highest BCUT2D eigenvalue weighted by Crippen LogP contribution is 2.38. The predicted molar refractivity (Wildman–Crippen MR) is 160 cm³/mol. The highest BCUT2D eigenvalue weighted by Gasteiger charge is 2.41. The van der Waals surface area contributed by atoms with E-state index in [1.807, 2.05) is 41.8 Å². The summed E-state index contributed by atoms with van der Waals surface area (Å²) in [7, 11) is 1.56. The monoisotopic (exact) mass is 606 g/mol. The van der Waals surface area contributed by atoms with Crippen molar-refractivity contribution in [1.29, 1.82) is 0 Å². The number of thiophene rings is 1. The summed E-state index contributed by atoms with van der Waals surface area (Å²) in [5, 5.41) is 5.87. The van der Waals surface area contributed by atoms with Gasteiger partial charge in [-0.25, -0.2) is 4.79 Å². The van der Waals surface area contributed by atoms with Gasteiger partial charge < -0.3 is 29.3 Å². The van der Waals surface area contributed by atoms with Crippen LogP contribution in [0.4, 0.5) is 4.79 Å². The third-order valence-corrected chi connectivity index (χ3v) is 9.28. The normalized spacial score (nSPS) is 21.1. The minimum Gasteiger partial charge on any atom is -0.493 e. The molecule has 1 N–H and O–H groups in total. The molecule has 0 radical (unpaired) electrons. The second-order valence-electron chi connectivity index (χ2n) is 10.9. The summed E-state index contributed by atoms with van der Waals surface area (Å²) in [6.45, 7) is 2.56. The standard InChI is InChI=1S/C31H34N4O7S/c1-40-25-8-7-20-15-26(25)41-13-11-33(30(38)24-19-43-27-6-3-2-5-21(24)27)10-4-9-32-29(37)23-17-35(16-22(20)23)28(36)18-34-12-14-42-31(34)39/h2-3,5-8,15,19,22-23H,4,9-14,16-18H2,1H3,(H,32,37)/t22-,23+/m1/s1. The van der Waals surface area contributed by atoms with Crippen LogP contribution in [0.5, 0.6) is 11.5 Å². The zero-order valence-electron chi connectivity index (χ0n) is 24.0. The van der Waals surface area contributed by atoms with Gasteiger partial charge in [0.15, 0.2) is 11.5 Å². The number of nitrogens with one attached hydrogen (secondary N) is 1. The number of fused-ring (bicyclic) bond motifs is 5. The van der Waals surface area contributed by atoms with E-state index < -0.39 is 12.0 Å². The van der Waals surface area contributed by atoms with Crippen molar-refractivity contribution in [2.45, 2.75) is 12.3 Å². The molecule has 11 nitrogen and oxygen atoms in total. The first-order chi connectivity index (χ1) is 20.9. The topological polar surface area (TPSA) is 118 Å². The lowest BCUT2D eigenvalue weighted by molar-refractivity contribution is -0.131. The Hall–Kier alpha value is -4.32. The SMILES string of the molecule is COc1ccc2cc1OCCN(C(=O)c1csc3ccccc13)CCCNC(=O)[C@H]1CN(C(=O)CN3CCOC3=O)C[C@H]21. The maximum atomic E-state index is 13.7. The summed E-state index contributed by atoms with van der Waals surface area (Å²) in [6.07, 6.45) is 0.0613. The number of nitrogens with zero attached hydrogens (tertiary/aromatic N) is 3. The maximum Gasteiger partial charge on any atom is 0.410 e. The molecule has 0 aliphatic carbocycles. The van der Waals surface area contributed by atoms with Gasteiger partial charge in [0.2, 0.25) is 11.8 Å². The first-order valence-corrected chi connectivity index (χ1v) is 15.3. The zero-order valence-corrected chi connectivity index (χ0v) is 24.8. The highest BCUT2D eigenvalue weighted by molar-refractivity contribution is 7.17. The van der Waals surface area contributed by atoms with Crippen LogP contribution in [0.15, 0.2) is 47.8 Å². The van der Waals surface area contributed by atoms with Crippen molar-refractivity contribution in [1.82, 2.24) is 20.0 Å². The molecular weight excluding hydrogens is 572 g/mol. The summed E-state index contributed by atoms with van der Waals surface area (Å²) in [5.41, 5.74) is 1.51. The summed E-state index contributed by atoms with van der Waals surface area (Å²) in [5.74, 6) is -0.169. The molecule has 4 heterocycles. The van der Waals surface area contributed by atoms with Crippen molar-refractivity contribution in [3.8, 4) is 11.5 Å². The van der Waals surface area contributed by atoms with E-state index in [0.717, 1.165) is 15.6 Å². The van der Waals surface area contributed by atoms with Crippen molar-refractivity contribution < 1.29 is 33.4 Å². The van der Waals surface area contributed by atoms with E-state index in [0.29, 0.717) is 56.2 Å². The van der Waals surface area contributed by atoms with Gasteiger partial charge in [0.05, 0.1) is 31.7 Å². The quantitative estimate of drug-likeness (QED) is 0.485. The Morgan fingerprint density at radius 2 is 1.81 bits per heavy atom. The van der Waals surface area contributed by atoms with Gasteiger partial charge in [0.25, 0.3) is 5.91 Å². The summed E-state index contributed by atoms with van der Waals surface area (Å²) < 4.78 is 17.8. The van der Waals surface area contributed by atoms with Gasteiger partial charge in [0.1, 0.15) is 19.8 Å². The molecule has 3 aromatic rings. The Balaban J connectivity index is 1.23. The number of carbonyl (C=O) groups is 4. The average molecular weight is 607 g/mol. The smallest absolute Gasteiger partial charge is 0.410 e. The molecule has 0 unspecified atom stereocenters. The molecule has 2 fully saturated rings. The number of cyclic esters (lactones) is 1. The van der Waals surface area contributed by atoms with Crippen LogP contribution in [-0.2, 0) is 14.3 Å². The first kappa shape index (κ1) is 28.8. The fourth-order valence-corrected chi connectivity index (χ4v) is 6.92. The fraction of sp³-hybridized carbons (Fsp3) is 0.419. The molecule has 226 valence electrons. The van der Waals surface area contributed by atoms with Crippen molar-refractivity contribution in [3.05, 3.63) is 59.0 Å². The number of hydrogen-bond donors (Lipinski definition) is 1. The Kier molecular flexibility index (Phi) is 8.37. The summed E-state index contributed by atoms with van der Waals surface area (Å²) >= 11 is 1.54. The van der Waals surface area contributed by atoms with Crippen LogP contribution in [-0.4, -0.2) is 105 Å². The number of carbonyl (C=O) groups excluding carboxylic acids is 4. The maximum absolute atomic E-state index is 13.7. The molecule has 2 saturated heterocycles. The highest BCUT2D eigenvalue weighted by atomic mass is 32.1. The molecule has 1 aromatic heterocycles. The van der Waals surface area contributed by atoms with Gasteiger partial charge in [-0.05, 0) is 30.2 Å². The molecule has 0 spiro atoms. The predicted octanol–water partition coefficient (Wildman–Crippen LogP) is 2.95. The van der Waals surface area contributed by atoms with Crippen LogP contribution >= 0.6 is 11.3 Å². The van der Waals surface area contributed by atoms with Crippen molar-refractivity contribution in [2.75, 3.05) is 66.1 Å². The number of likely N-dealkylation sites (tertiary alicyclic amines) is 1. The second-order valence-corrected chi connectivity index (χ2v) is 11.8.